The first-order chi connectivity index (χ1) is 11.8. The number of thiocarbonyl (C=S) groups is 1. The molecule has 0 aliphatic heterocycles. The minimum atomic E-state index is -0.830. The van der Waals surface area contributed by atoms with E-state index in [1.807, 2.05) is 0 Å². The summed E-state index contributed by atoms with van der Waals surface area (Å²) in [6, 6.07) is 7.08. The van der Waals surface area contributed by atoms with Gasteiger partial charge in [-0.3, -0.25) is 25.8 Å². The first-order valence-corrected chi connectivity index (χ1v) is 7.11. The average Bonchev–Trinajstić information content (AvgIpc) is 2.57. The molecular weight excluding hydrogens is 353 g/mol. The highest BCUT2D eigenvalue weighted by Crippen LogP contribution is 2.35. The fourth-order valence-electron chi connectivity index (χ4n) is 1.77. The molecule has 0 aromatic heterocycles. The van der Waals surface area contributed by atoms with E-state index in [0.717, 1.165) is 18.2 Å². The van der Waals surface area contributed by atoms with E-state index < -0.39 is 34.9 Å². The number of nitrogens with one attached hydrogen (secondary N) is 3. The van der Waals surface area contributed by atoms with Gasteiger partial charge in [0.1, 0.15) is 5.82 Å². The fourth-order valence-corrected chi connectivity index (χ4v) is 1.91. The van der Waals surface area contributed by atoms with Crippen LogP contribution in [0.4, 0.5) is 4.39 Å². The van der Waals surface area contributed by atoms with E-state index in [9.17, 15) is 29.3 Å². The van der Waals surface area contributed by atoms with E-state index in [4.69, 9.17) is 12.2 Å². The van der Waals surface area contributed by atoms with Crippen molar-refractivity contribution in [3.63, 3.8) is 0 Å². The van der Waals surface area contributed by atoms with Gasteiger partial charge in [0.25, 0.3) is 11.8 Å². The van der Waals surface area contributed by atoms with Gasteiger partial charge in [0.05, 0.1) is 5.56 Å². The van der Waals surface area contributed by atoms with Gasteiger partial charge in [0.2, 0.25) is 0 Å². The van der Waals surface area contributed by atoms with Crippen LogP contribution in [0.2, 0.25) is 0 Å². The molecule has 2 aromatic rings. The number of phenolic OH excluding ortho intramolecular Hbond substituents is 3. The van der Waals surface area contributed by atoms with Gasteiger partial charge in [-0.2, -0.15) is 0 Å². The minimum absolute atomic E-state index is 0.197. The molecule has 2 aromatic carbocycles. The maximum atomic E-state index is 13.4. The van der Waals surface area contributed by atoms with E-state index in [1.54, 1.807) is 0 Å². The Morgan fingerprint density at radius 1 is 0.960 bits per heavy atom. The van der Waals surface area contributed by atoms with Crippen molar-refractivity contribution >= 4 is 29.1 Å². The molecule has 0 saturated heterocycles. The summed E-state index contributed by atoms with van der Waals surface area (Å²) in [4.78, 5) is 23.7. The summed E-state index contributed by atoms with van der Waals surface area (Å²) in [6.07, 6.45) is 0. The van der Waals surface area contributed by atoms with Gasteiger partial charge < -0.3 is 15.3 Å². The Bertz CT molecular complexity index is 836. The van der Waals surface area contributed by atoms with Crippen LogP contribution >= 0.6 is 12.2 Å². The second kappa shape index (κ2) is 7.45. The molecule has 130 valence electrons. The maximum Gasteiger partial charge on any atom is 0.272 e. The van der Waals surface area contributed by atoms with Gasteiger partial charge in [0, 0.05) is 5.56 Å². The average molecular weight is 365 g/mol. The first-order valence-electron chi connectivity index (χ1n) is 6.70. The van der Waals surface area contributed by atoms with E-state index in [0.29, 0.717) is 0 Å². The van der Waals surface area contributed by atoms with Crippen LogP contribution in [-0.4, -0.2) is 32.2 Å². The lowest BCUT2D eigenvalue weighted by Crippen LogP contribution is -2.48. The highest BCUT2D eigenvalue weighted by molar-refractivity contribution is 7.80. The largest absolute Gasteiger partial charge is 0.504 e. The number of halogens is 1. The summed E-state index contributed by atoms with van der Waals surface area (Å²) in [5, 5.41) is 29.8. The third-order valence-corrected chi connectivity index (χ3v) is 3.17. The number of carbonyl (C=O) groups is 2. The number of aromatic hydroxyl groups is 3. The lowest BCUT2D eigenvalue weighted by atomic mass is 10.1. The molecule has 0 aliphatic rings. The normalized spacial score (nSPS) is 9.96. The van der Waals surface area contributed by atoms with Crippen LogP contribution in [0.15, 0.2) is 36.4 Å². The minimum Gasteiger partial charge on any atom is -0.504 e. The number of rotatable bonds is 2. The van der Waals surface area contributed by atoms with Crippen molar-refractivity contribution in [3.05, 3.63) is 53.3 Å². The van der Waals surface area contributed by atoms with Crippen molar-refractivity contribution in [2.75, 3.05) is 0 Å². The SMILES string of the molecule is O=C(NC(=S)NNC(=O)c1ccccc1F)c1cc(O)c(O)c(O)c1. The summed E-state index contributed by atoms with van der Waals surface area (Å²) in [5.74, 6) is -4.53. The van der Waals surface area contributed by atoms with Crippen molar-refractivity contribution in [1.82, 2.24) is 16.2 Å². The number of carbonyl (C=O) groups excluding carboxylic acids is 2. The first kappa shape index (κ1) is 17.9. The number of hydrazine groups is 1. The number of phenols is 3. The van der Waals surface area contributed by atoms with E-state index >= 15 is 0 Å². The Morgan fingerprint density at radius 3 is 2.16 bits per heavy atom. The Morgan fingerprint density at radius 2 is 1.56 bits per heavy atom. The number of benzene rings is 2. The van der Waals surface area contributed by atoms with Gasteiger partial charge in [-0.05, 0) is 36.5 Å². The highest BCUT2D eigenvalue weighted by atomic mass is 32.1. The second-order valence-corrected chi connectivity index (χ2v) is 5.11. The van der Waals surface area contributed by atoms with Crippen LogP contribution in [0.25, 0.3) is 0 Å². The molecule has 0 spiro atoms. The zero-order valence-electron chi connectivity index (χ0n) is 12.4. The van der Waals surface area contributed by atoms with E-state index in [2.05, 4.69) is 16.2 Å². The van der Waals surface area contributed by atoms with E-state index in [1.165, 1.54) is 18.2 Å². The summed E-state index contributed by atoms with van der Waals surface area (Å²) in [7, 11) is 0. The number of amides is 2. The van der Waals surface area contributed by atoms with E-state index in [-0.39, 0.29) is 16.2 Å². The monoisotopic (exact) mass is 365 g/mol. The maximum absolute atomic E-state index is 13.4. The fraction of sp³-hybridized carbons (Fsp3) is 0. The summed E-state index contributed by atoms with van der Waals surface area (Å²) in [5.41, 5.74) is 3.89. The molecule has 0 radical (unpaired) electrons. The van der Waals surface area contributed by atoms with Crippen LogP contribution < -0.4 is 16.2 Å². The topological polar surface area (TPSA) is 131 Å². The highest BCUT2D eigenvalue weighted by Gasteiger charge is 2.15. The Hall–Kier alpha value is -3.40. The Kier molecular flexibility index (Phi) is 5.35. The van der Waals surface area contributed by atoms with Crippen molar-refractivity contribution in [2.24, 2.45) is 0 Å². The number of hydrogen-bond acceptors (Lipinski definition) is 6. The zero-order valence-corrected chi connectivity index (χ0v) is 13.2. The molecule has 2 amide bonds. The molecule has 6 N–H and O–H groups in total. The van der Waals surface area contributed by atoms with Crippen LogP contribution in [-0.2, 0) is 0 Å². The number of hydrogen-bond donors (Lipinski definition) is 6. The van der Waals surface area contributed by atoms with Crippen LogP contribution in [0.1, 0.15) is 20.7 Å². The summed E-state index contributed by atoms with van der Waals surface area (Å²) in [6.45, 7) is 0. The quantitative estimate of drug-likeness (QED) is 0.265. The van der Waals surface area contributed by atoms with Gasteiger partial charge >= 0.3 is 0 Å². The molecular formula is C15H12FN3O5S. The summed E-state index contributed by atoms with van der Waals surface area (Å²) >= 11 is 4.80. The van der Waals surface area contributed by atoms with Crippen molar-refractivity contribution in [2.45, 2.75) is 0 Å². The molecule has 0 aliphatic carbocycles. The summed E-state index contributed by atoms with van der Waals surface area (Å²) < 4.78 is 13.4. The third kappa shape index (κ3) is 4.32. The molecule has 0 unspecified atom stereocenters. The zero-order chi connectivity index (χ0) is 18.6. The molecule has 8 nitrogen and oxygen atoms in total. The molecule has 0 fully saturated rings. The van der Waals surface area contributed by atoms with Crippen molar-refractivity contribution in [3.8, 4) is 17.2 Å². The molecule has 10 heteroatoms. The molecule has 0 bridgehead atoms. The van der Waals surface area contributed by atoms with Crippen LogP contribution in [0, 0.1) is 5.82 Å². The predicted octanol–water partition coefficient (Wildman–Crippen LogP) is 0.892. The van der Waals surface area contributed by atoms with Crippen LogP contribution in [0.5, 0.6) is 17.2 Å². The molecule has 0 heterocycles. The van der Waals surface area contributed by atoms with Gasteiger partial charge in [-0.15, -0.1) is 0 Å². The van der Waals surface area contributed by atoms with Crippen LogP contribution in [0.3, 0.4) is 0 Å². The standard InChI is InChI=1S/C15H12FN3O5S/c16-9-4-2-1-3-8(9)14(24)18-19-15(25)17-13(23)7-5-10(20)12(22)11(21)6-7/h1-6,20-22H,(H,18,24)(H2,17,19,23,25). The smallest absolute Gasteiger partial charge is 0.272 e. The van der Waals surface area contributed by atoms with Gasteiger partial charge in [-0.25, -0.2) is 4.39 Å². The Balaban J connectivity index is 1.95. The van der Waals surface area contributed by atoms with Crippen molar-refractivity contribution in [1.29, 1.82) is 0 Å². The van der Waals surface area contributed by atoms with Crippen molar-refractivity contribution < 1.29 is 29.3 Å². The second-order valence-electron chi connectivity index (χ2n) is 4.71. The molecule has 2 rings (SSSR count). The van der Waals surface area contributed by atoms with Gasteiger partial charge in [-0.1, -0.05) is 12.1 Å². The molecule has 25 heavy (non-hydrogen) atoms. The van der Waals surface area contributed by atoms with Gasteiger partial charge in [0.15, 0.2) is 22.4 Å². The third-order valence-electron chi connectivity index (χ3n) is 2.97. The lowest BCUT2D eigenvalue weighted by molar-refractivity contribution is 0.0931. The Labute approximate surface area is 145 Å². The lowest BCUT2D eigenvalue weighted by Gasteiger charge is -2.11. The predicted molar refractivity (Wildman–Crippen MR) is 88.5 cm³/mol. The molecule has 0 atom stereocenters. The molecule has 0 saturated carbocycles.